The highest BCUT2D eigenvalue weighted by molar-refractivity contribution is 5.85. The highest BCUT2D eigenvalue weighted by Gasteiger charge is 2.29. The minimum atomic E-state index is -0.993. The normalized spacial score (nSPS) is 25.9. The first-order valence-electron chi connectivity index (χ1n) is 4.00. The van der Waals surface area contributed by atoms with Gasteiger partial charge in [0, 0.05) is 12.5 Å². The van der Waals surface area contributed by atoms with Gasteiger partial charge >= 0.3 is 0 Å². The Morgan fingerprint density at radius 1 is 1.45 bits per heavy atom. The van der Waals surface area contributed by atoms with Gasteiger partial charge in [-0.3, -0.25) is 0 Å². The van der Waals surface area contributed by atoms with Crippen LogP contribution in [0.1, 0.15) is 26.7 Å². The summed E-state index contributed by atoms with van der Waals surface area (Å²) < 4.78 is 13.2. The maximum atomic E-state index is 13.2. The SMILES string of the molecule is CC(C)(F)C1CCCNC1.Cl. The summed E-state index contributed by atoms with van der Waals surface area (Å²) in [6, 6.07) is 0. The third kappa shape index (κ3) is 3.39. The second-order valence-electron chi connectivity index (χ2n) is 3.61. The summed E-state index contributed by atoms with van der Waals surface area (Å²) in [6.45, 7) is 5.26. The molecule has 0 amide bonds. The first-order chi connectivity index (χ1) is 4.61. The van der Waals surface area contributed by atoms with Crippen molar-refractivity contribution in [2.24, 2.45) is 5.92 Å². The van der Waals surface area contributed by atoms with Gasteiger partial charge < -0.3 is 5.32 Å². The lowest BCUT2D eigenvalue weighted by Gasteiger charge is -2.30. The molecule has 0 radical (unpaired) electrons. The van der Waals surface area contributed by atoms with Crippen LogP contribution in [0.2, 0.25) is 0 Å². The van der Waals surface area contributed by atoms with Crippen LogP contribution in [0.5, 0.6) is 0 Å². The molecular weight excluding hydrogens is 165 g/mol. The van der Waals surface area contributed by atoms with Crippen molar-refractivity contribution in [3.05, 3.63) is 0 Å². The Balaban J connectivity index is 0.000001000. The first kappa shape index (κ1) is 11.2. The Bertz CT molecular complexity index is 105. The van der Waals surface area contributed by atoms with Gasteiger partial charge in [0.2, 0.25) is 0 Å². The molecule has 68 valence electrons. The van der Waals surface area contributed by atoms with Gasteiger partial charge in [0.05, 0.1) is 0 Å². The van der Waals surface area contributed by atoms with E-state index in [1.807, 2.05) is 0 Å². The molecule has 1 saturated heterocycles. The van der Waals surface area contributed by atoms with Gasteiger partial charge in [-0.25, -0.2) is 4.39 Å². The van der Waals surface area contributed by atoms with E-state index in [1.54, 1.807) is 13.8 Å². The molecule has 1 heterocycles. The highest BCUT2D eigenvalue weighted by Crippen LogP contribution is 2.26. The zero-order chi connectivity index (χ0) is 7.61. The Kier molecular flexibility index (Phi) is 4.34. The maximum absolute atomic E-state index is 13.2. The van der Waals surface area contributed by atoms with E-state index in [0.717, 1.165) is 25.9 Å². The van der Waals surface area contributed by atoms with E-state index in [1.165, 1.54) is 0 Å². The Morgan fingerprint density at radius 2 is 2.09 bits per heavy atom. The van der Waals surface area contributed by atoms with Crippen molar-refractivity contribution in [1.29, 1.82) is 0 Å². The lowest BCUT2D eigenvalue weighted by Crippen LogP contribution is -2.39. The molecule has 1 atom stereocenters. The zero-order valence-corrected chi connectivity index (χ0v) is 8.01. The Morgan fingerprint density at radius 3 is 2.36 bits per heavy atom. The summed E-state index contributed by atoms with van der Waals surface area (Å²) in [6.07, 6.45) is 2.16. The fourth-order valence-corrected chi connectivity index (χ4v) is 1.44. The standard InChI is InChI=1S/C8H16FN.ClH/c1-8(2,9)7-4-3-5-10-6-7;/h7,10H,3-6H2,1-2H3;1H. The van der Waals surface area contributed by atoms with Gasteiger partial charge in [-0.05, 0) is 33.2 Å². The summed E-state index contributed by atoms with van der Waals surface area (Å²) in [5.41, 5.74) is -0.993. The second kappa shape index (κ2) is 4.27. The number of rotatable bonds is 1. The molecule has 0 aromatic carbocycles. The third-order valence-electron chi connectivity index (χ3n) is 2.27. The molecule has 0 aromatic rings. The predicted octanol–water partition coefficient (Wildman–Crippen LogP) is 2.16. The van der Waals surface area contributed by atoms with E-state index >= 15 is 0 Å². The van der Waals surface area contributed by atoms with Crippen LogP contribution in [0, 0.1) is 5.92 Å². The van der Waals surface area contributed by atoms with Crippen LogP contribution in [0.4, 0.5) is 4.39 Å². The van der Waals surface area contributed by atoms with E-state index in [9.17, 15) is 4.39 Å². The van der Waals surface area contributed by atoms with Crippen LogP contribution in [0.3, 0.4) is 0 Å². The lowest BCUT2D eigenvalue weighted by atomic mass is 9.86. The van der Waals surface area contributed by atoms with Crippen LogP contribution in [-0.4, -0.2) is 18.8 Å². The molecule has 0 aromatic heterocycles. The molecular formula is C8H17ClFN. The first-order valence-corrected chi connectivity index (χ1v) is 4.00. The van der Waals surface area contributed by atoms with Crippen LogP contribution >= 0.6 is 12.4 Å². The monoisotopic (exact) mass is 181 g/mol. The average molecular weight is 182 g/mol. The quantitative estimate of drug-likeness (QED) is 0.654. The Hall–Kier alpha value is 0.180. The van der Waals surface area contributed by atoms with E-state index in [0.29, 0.717) is 0 Å². The lowest BCUT2D eigenvalue weighted by molar-refractivity contribution is 0.103. The van der Waals surface area contributed by atoms with Gasteiger partial charge in [0.1, 0.15) is 5.67 Å². The van der Waals surface area contributed by atoms with Crippen LogP contribution in [0.15, 0.2) is 0 Å². The van der Waals surface area contributed by atoms with Crippen LogP contribution < -0.4 is 5.32 Å². The molecule has 1 rings (SSSR count). The van der Waals surface area contributed by atoms with Gasteiger partial charge in [-0.2, -0.15) is 0 Å². The number of alkyl halides is 1. The molecule has 1 nitrogen and oxygen atoms in total. The van der Waals surface area contributed by atoms with Gasteiger partial charge in [-0.1, -0.05) is 0 Å². The summed E-state index contributed by atoms with van der Waals surface area (Å²) >= 11 is 0. The molecule has 1 aliphatic heterocycles. The summed E-state index contributed by atoms with van der Waals surface area (Å²) in [5.74, 6) is 0.223. The average Bonchev–Trinajstić information content (AvgIpc) is 1.88. The number of hydrogen-bond acceptors (Lipinski definition) is 1. The summed E-state index contributed by atoms with van der Waals surface area (Å²) in [7, 11) is 0. The fourth-order valence-electron chi connectivity index (χ4n) is 1.44. The van der Waals surface area contributed by atoms with E-state index in [-0.39, 0.29) is 18.3 Å². The third-order valence-corrected chi connectivity index (χ3v) is 2.27. The number of nitrogens with one attached hydrogen (secondary N) is 1. The minimum Gasteiger partial charge on any atom is -0.316 e. The van der Waals surface area contributed by atoms with Crippen molar-refractivity contribution >= 4 is 12.4 Å². The number of halogens is 2. The molecule has 1 N–H and O–H groups in total. The predicted molar refractivity (Wildman–Crippen MR) is 48.0 cm³/mol. The maximum Gasteiger partial charge on any atom is 0.109 e. The van der Waals surface area contributed by atoms with E-state index in [4.69, 9.17) is 0 Å². The molecule has 1 unspecified atom stereocenters. The van der Waals surface area contributed by atoms with Gasteiger partial charge in [0.25, 0.3) is 0 Å². The zero-order valence-electron chi connectivity index (χ0n) is 7.19. The summed E-state index contributed by atoms with van der Waals surface area (Å²) in [4.78, 5) is 0. The molecule has 3 heteroatoms. The van der Waals surface area contributed by atoms with Crippen molar-refractivity contribution in [2.45, 2.75) is 32.4 Å². The molecule has 0 saturated carbocycles. The molecule has 1 fully saturated rings. The van der Waals surface area contributed by atoms with E-state index < -0.39 is 5.67 Å². The van der Waals surface area contributed by atoms with Crippen LogP contribution in [-0.2, 0) is 0 Å². The molecule has 0 bridgehead atoms. The highest BCUT2D eigenvalue weighted by atomic mass is 35.5. The van der Waals surface area contributed by atoms with Gasteiger partial charge in [0.15, 0.2) is 0 Å². The number of piperidine rings is 1. The van der Waals surface area contributed by atoms with Crippen LogP contribution in [0.25, 0.3) is 0 Å². The fraction of sp³-hybridized carbons (Fsp3) is 1.00. The molecule has 1 aliphatic rings. The molecule has 0 aliphatic carbocycles. The Labute approximate surface area is 74.2 Å². The molecule has 11 heavy (non-hydrogen) atoms. The topological polar surface area (TPSA) is 12.0 Å². The van der Waals surface area contributed by atoms with E-state index in [2.05, 4.69) is 5.32 Å². The van der Waals surface area contributed by atoms with Crippen molar-refractivity contribution in [3.63, 3.8) is 0 Å². The smallest absolute Gasteiger partial charge is 0.109 e. The molecule has 0 spiro atoms. The second-order valence-corrected chi connectivity index (χ2v) is 3.61. The van der Waals surface area contributed by atoms with Crippen molar-refractivity contribution in [3.8, 4) is 0 Å². The van der Waals surface area contributed by atoms with Crippen molar-refractivity contribution in [2.75, 3.05) is 13.1 Å². The largest absolute Gasteiger partial charge is 0.316 e. The summed E-state index contributed by atoms with van der Waals surface area (Å²) in [5, 5.41) is 3.20. The van der Waals surface area contributed by atoms with Crippen molar-refractivity contribution < 1.29 is 4.39 Å². The van der Waals surface area contributed by atoms with Gasteiger partial charge in [-0.15, -0.1) is 12.4 Å². The number of hydrogen-bond donors (Lipinski definition) is 1. The minimum absolute atomic E-state index is 0. The van der Waals surface area contributed by atoms with Crippen molar-refractivity contribution in [1.82, 2.24) is 5.32 Å².